The number of imidazole rings is 1. The Morgan fingerprint density at radius 3 is 2.71 bits per heavy atom. The van der Waals surface area contributed by atoms with Crippen LogP contribution in [0.2, 0.25) is 0 Å². The van der Waals surface area contributed by atoms with E-state index >= 15 is 0 Å². The van der Waals surface area contributed by atoms with Crippen LogP contribution >= 0.6 is 0 Å². The molecule has 1 aliphatic carbocycles. The van der Waals surface area contributed by atoms with Crippen LogP contribution in [0.1, 0.15) is 61.9 Å². The molecule has 3 heterocycles. The van der Waals surface area contributed by atoms with E-state index in [1.807, 2.05) is 19.3 Å². The van der Waals surface area contributed by atoms with Crippen LogP contribution in [0.15, 0.2) is 12.4 Å². The fourth-order valence-electron chi connectivity index (χ4n) is 4.41. The summed E-state index contributed by atoms with van der Waals surface area (Å²) >= 11 is 0. The fraction of sp³-hybridized carbons (Fsp3) is 0.722. The monoisotopic (exact) mass is 328 g/mol. The molecule has 1 saturated carbocycles. The summed E-state index contributed by atoms with van der Waals surface area (Å²) in [4.78, 5) is 7.01. The number of hydrogen-bond acceptors (Lipinski definition) is 4. The van der Waals surface area contributed by atoms with Crippen molar-refractivity contribution in [2.75, 3.05) is 13.1 Å². The molecule has 1 saturated heterocycles. The Kier molecular flexibility index (Phi) is 4.39. The standard InChI is InChI=1S/C18H28N6/c1-14-19-9-11-23(14)13-17-20-21-18(22(17)2)15-6-5-10-24(12-15)16-7-3-4-8-16/h9,11,15-16H,3-8,10,12-13H2,1-2H3. The number of likely N-dealkylation sites (tertiary alicyclic amines) is 1. The topological polar surface area (TPSA) is 51.8 Å². The Morgan fingerprint density at radius 2 is 1.96 bits per heavy atom. The zero-order valence-electron chi connectivity index (χ0n) is 14.9. The predicted molar refractivity (Wildman–Crippen MR) is 92.9 cm³/mol. The molecule has 2 aromatic heterocycles. The molecule has 1 unspecified atom stereocenters. The molecule has 6 nitrogen and oxygen atoms in total. The normalized spacial score (nSPS) is 23.2. The van der Waals surface area contributed by atoms with E-state index < -0.39 is 0 Å². The van der Waals surface area contributed by atoms with E-state index in [2.05, 4.69) is 36.3 Å². The van der Waals surface area contributed by atoms with Crippen molar-refractivity contribution in [2.45, 2.75) is 64.0 Å². The largest absolute Gasteiger partial charge is 0.328 e. The second-order valence-corrected chi connectivity index (χ2v) is 7.41. The molecule has 1 atom stereocenters. The van der Waals surface area contributed by atoms with Gasteiger partial charge in [-0.05, 0) is 39.2 Å². The van der Waals surface area contributed by atoms with Gasteiger partial charge in [0.25, 0.3) is 0 Å². The molecule has 0 spiro atoms. The van der Waals surface area contributed by atoms with Gasteiger partial charge in [-0.3, -0.25) is 4.90 Å². The minimum absolute atomic E-state index is 0.523. The van der Waals surface area contributed by atoms with Crippen molar-refractivity contribution < 1.29 is 0 Å². The average molecular weight is 328 g/mol. The second kappa shape index (κ2) is 6.67. The van der Waals surface area contributed by atoms with E-state index in [4.69, 9.17) is 0 Å². The lowest BCUT2D eigenvalue weighted by Gasteiger charge is -2.36. The minimum atomic E-state index is 0.523. The summed E-state index contributed by atoms with van der Waals surface area (Å²) in [7, 11) is 2.12. The quantitative estimate of drug-likeness (QED) is 0.865. The lowest BCUT2D eigenvalue weighted by molar-refractivity contribution is 0.146. The number of rotatable bonds is 4. The van der Waals surface area contributed by atoms with Gasteiger partial charge in [0.05, 0.1) is 6.54 Å². The van der Waals surface area contributed by atoms with Gasteiger partial charge >= 0.3 is 0 Å². The molecule has 0 amide bonds. The first-order valence-electron chi connectivity index (χ1n) is 9.32. The molecule has 2 aromatic rings. The van der Waals surface area contributed by atoms with Crippen LogP contribution in [-0.2, 0) is 13.6 Å². The van der Waals surface area contributed by atoms with Crippen LogP contribution in [0.25, 0.3) is 0 Å². The Bertz CT molecular complexity index is 681. The summed E-state index contributed by atoms with van der Waals surface area (Å²) in [6.07, 6.45) is 11.9. The molecule has 6 heteroatoms. The van der Waals surface area contributed by atoms with Crippen molar-refractivity contribution in [1.82, 2.24) is 29.2 Å². The van der Waals surface area contributed by atoms with Gasteiger partial charge in [-0.25, -0.2) is 4.98 Å². The first kappa shape index (κ1) is 15.8. The van der Waals surface area contributed by atoms with Crippen molar-refractivity contribution in [3.8, 4) is 0 Å². The molecule has 130 valence electrons. The van der Waals surface area contributed by atoms with Crippen molar-refractivity contribution >= 4 is 0 Å². The number of nitrogens with zero attached hydrogens (tertiary/aromatic N) is 6. The molecule has 4 rings (SSSR count). The van der Waals surface area contributed by atoms with E-state index in [9.17, 15) is 0 Å². The van der Waals surface area contributed by atoms with Gasteiger partial charge in [-0.2, -0.15) is 0 Å². The smallest absolute Gasteiger partial charge is 0.152 e. The van der Waals surface area contributed by atoms with E-state index in [0.717, 1.165) is 36.6 Å². The van der Waals surface area contributed by atoms with Crippen LogP contribution in [0.4, 0.5) is 0 Å². The molecule has 0 N–H and O–H groups in total. The summed E-state index contributed by atoms with van der Waals surface area (Å²) < 4.78 is 4.34. The third-order valence-corrected chi connectivity index (χ3v) is 5.89. The fourth-order valence-corrected chi connectivity index (χ4v) is 4.41. The zero-order chi connectivity index (χ0) is 16.5. The molecular weight excluding hydrogens is 300 g/mol. The summed E-state index contributed by atoms with van der Waals surface area (Å²) in [6.45, 7) is 5.19. The maximum absolute atomic E-state index is 4.56. The molecule has 2 fully saturated rings. The maximum atomic E-state index is 4.56. The maximum Gasteiger partial charge on any atom is 0.152 e. The van der Waals surface area contributed by atoms with Gasteiger partial charge in [-0.1, -0.05) is 12.8 Å². The van der Waals surface area contributed by atoms with Gasteiger partial charge in [0.2, 0.25) is 0 Å². The third kappa shape index (κ3) is 2.99. The summed E-state index contributed by atoms with van der Waals surface area (Å²) in [6, 6.07) is 0.814. The number of hydrogen-bond donors (Lipinski definition) is 0. The van der Waals surface area contributed by atoms with Gasteiger partial charge in [-0.15, -0.1) is 10.2 Å². The Morgan fingerprint density at radius 1 is 1.12 bits per heavy atom. The Balaban J connectivity index is 1.48. The first-order chi connectivity index (χ1) is 11.7. The molecular formula is C18H28N6. The highest BCUT2D eigenvalue weighted by Crippen LogP contribution is 2.31. The average Bonchev–Trinajstić information content (AvgIpc) is 3.32. The highest BCUT2D eigenvalue weighted by Gasteiger charge is 2.30. The van der Waals surface area contributed by atoms with E-state index in [-0.39, 0.29) is 0 Å². The number of piperidine rings is 1. The summed E-state index contributed by atoms with van der Waals surface area (Å²) in [5, 5.41) is 9.04. The summed E-state index contributed by atoms with van der Waals surface area (Å²) in [5.74, 6) is 3.72. The second-order valence-electron chi connectivity index (χ2n) is 7.41. The van der Waals surface area contributed by atoms with Gasteiger partial charge in [0.15, 0.2) is 5.82 Å². The number of aryl methyl sites for hydroxylation is 1. The highest BCUT2D eigenvalue weighted by atomic mass is 15.3. The highest BCUT2D eigenvalue weighted by molar-refractivity contribution is 5.06. The van der Waals surface area contributed by atoms with Crippen molar-refractivity contribution in [1.29, 1.82) is 0 Å². The minimum Gasteiger partial charge on any atom is -0.328 e. The lowest BCUT2D eigenvalue weighted by atomic mass is 9.95. The molecule has 0 aromatic carbocycles. The Hall–Kier alpha value is -1.69. The summed E-state index contributed by atoms with van der Waals surface area (Å²) in [5.41, 5.74) is 0. The van der Waals surface area contributed by atoms with Gasteiger partial charge in [0.1, 0.15) is 11.6 Å². The van der Waals surface area contributed by atoms with Crippen molar-refractivity contribution in [3.05, 3.63) is 29.9 Å². The van der Waals surface area contributed by atoms with Crippen molar-refractivity contribution in [2.24, 2.45) is 7.05 Å². The molecule has 0 bridgehead atoms. The van der Waals surface area contributed by atoms with Crippen LogP contribution in [-0.4, -0.2) is 48.3 Å². The van der Waals surface area contributed by atoms with Crippen LogP contribution in [0.5, 0.6) is 0 Å². The molecule has 1 aliphatic heterocycles. The van der Waals surface area contributed by atoms with Gasteiger partial charge in [0, 0.05) is 37.9 Å². The van der Waals surface area contributed by atoms with E-state index in [1.54, 1.807) is 0 Å². The molecule has 0 radical (unpaired) electrons. The Labute approximate surface area is 143 Å². The first-order valence-corrected chi connectivity index (χ1v) is 9.32. The van der Waals surface area contributed by atoms with Crippen molar-refractivity contribution in [3.63, 3.8) is 0 Å². The number of aromatic nitrogens is 5. The van der Waals surface area contributed by atoms with Crippen LogP contribution in [0, 0.1) is 6.92 Å². The molecule has 2 aliphatic rings. The third-order valence-electron chi connectivity index (χ3n) is 5.89. The van der Waals surface area contributed by atoms with Crippen LogP contribution < -0.4 is 0 Å². The SMILES string of the molecule is Cc1nccn1Cc1nnc(C2CCCN(C3CCCC3)C2)n1C. The lowest BCUT2D eigenvalue weighted by Crippen LogP contribution is -2.41. The van der Waals surface area contributed by atoms with Crippen LogP contribution in [0.3, 0.4) is 0 Å². The van der Waals surface area contributed by atoms with Gasteiger partial charge < -0.3 is 9.13 Å². The molecule has 24 heavy (non-hydrogen) atoms. The van der Waals surface area contributed by atoms with E-state index in [0.29, 0.717) is 5.92 Å². The zero-order valence-corrected chi connectivity index (χ0v) is 14.9. The predicted octanol–water partition coefficient (Wildman–Crippen LogP) is 2.49. The van der Waals surface area contributed by atoms with E-state index in [1.165, 1.54) is 45.1 Å².